The summed E-state index contributed by atoms with van der Waals surface area (Å²) in [6.07, 6.45) is 2.32. The van der Waals surface area contributed by atoms with Gasteiger partial charge < -0.3 is 11.1 Å². The number of benzene rings is 1. The second kappa shape index (κ2) is 7.39. The second-order valence-electron chi connectivity index (χ2n) is 4.70. The van der Waals surface area contributed by atoms with Crippen molar-refractivity contribution in [2.45, 2.75) is 33.1 Å². The van der Waals surface area contributed by atoms with E-state index in [0.717, 1.165) is 24.1 Å². The maximum absolute atomic E-state index is 11.8. The Morgan fingerprint density at radius 3 is 2.78 bits per heavy atom. The Kier molecular flexibility index (Phi) is 6.16. The zero-order valence-electron chi connectivity index (χ0n) is 11.0. The molecule has 1 atom stereocenters. The number of halogens is 1. The number of carbonyl (C=O) groups excluding carboxylic acids is 1. The van der Waals surface area contributed by atoms with E-state index in [2.05, 4.69) is 12.2 Å². The number of nitrogens with two attached hydrogens (primary N) is 1. The van der Waals surface area contributed by atoms with Crippen molar-refractivity contribution < 1.29 is 4.79 Å². The predicted molar refractivity (Wildman–Crippen MR) is 76.9 cm³/mol. The predicted octanol–water partition coefficient (Wildman–Crippen LogP) is 3.35. The van der Waals surface area contributed by atoms with Crippen molar-refractivity contribution in [3.05, 3.63) is 28.8 Å². The maximum Gasteiger partial charge on any atom is 0.224 e. The largest absolute Gasteiger partial charge is 0.330 e. The van der Waals surface area contributed by atoms with Crippen molar-refractivity contribution in [3.63, 3.8) is 0 Å². The van der Waals surface area contributed by atoms with Crippen molar-refractivity contribution in [3.8, 4) is 0 Å². The van der Waals surface area contributed by atoms with Crippen LogP contribution in [-0.4, -0.2) is 12.5 Å². The van der Waals surface area contributed by atoms with Crippen molar-refractivity contribution >= 4 is 23.2 Å². The number of hydrogen-bond acceptors (Lipinski definition) is 2. The van der Waals surface area contributed by atoms with E-state index in [9.17, 15) is 4.79 Å². The van der Waals surface area contributed by atoms with Crippen LogP contribution >= 0.6 is 11.6 Å². The van der Waals surface area contributed by atoms with Crippen molar-refractivity contribution in [1.82, 2.24) is 0 Å². The summed E-state index contributed by atoms with van der Waals surface area (Å²) in [7, 11) is 0. The number of hydrogen-bond donors (Lipinski definition) is 2. The molecule has 0 saturated carbocycles. The summed E-state index contributed by atoms with van der Waals surface area (Å²) in [5, 5.41) is 3.46. The fourth-order valence-corrected chi connectivity index (χ4v) is 2.07. The van der Waals surface area contributed by atoms with Gasteiger partial charge in [0.2, 0.25) is 5.91 Å². The van der Waals surface area contributed by atoms with Gasteiger partial charge in [0.1, 0.15) is 0 Å². The van der Waals surface area contributed by atoms with E-state index in [1.165, 1.54) is 0 Å². The molecule has 18 heavy (non-hydrogen) atoms. The van der Waals surface area contributed by atoms with Crippen LogP contribution in [0.3, 0.4) is 0 Å². The topological polar surface area (TPSA) is 55.1 Å². The fraction of sp³-hybridized carbons (Fsp3) is 0.500. The Labute approximate surface area is 114 Å². The van der Waals surface area contributed by atoms with Gasteiger partial charge in [0, 0.05) is 6.42 Å². The third kappa shape index (κ3) is 4.67. The van der Waals surface area contributed by atoms with E-state index in [0.29, 0.717) is 23.9 Å². The second-order valence-corrected chi connectivity index (χ2v) is 5.11. The van der Waals surface area contributed by atoms with Gasteiger partial charge in [-0.05, 0) is 43.9 Å². The molecule has 0 aliphatic carbocycles. The zero-order valence-corrected chi connectivity index (χ0v) is 11.8. The monoisotopic (exact) mass is 268 g/mol. The molecule has 0 aromatic heterocycles. The van der Waals surface area contributed by atoms with Crippen LogP contribution in [-0.2, 0) is 4.79 Å². The van der Waals surface area contributed by atoms with Crippen LogP contribution in [0.1, 0.15) is 31.7 Å². The van der Waals surface area contributed by atoms with E-state index in [4.69, 9.17) is 17.3 Å². The number of nitrogens with one attached hydrogen (secondary N) is 1. The molecule has 3 N–H and O–H groups in total. The molecule has 0 radical (unpaired) electrons. The zero-order chi connectivity index (χ0) is 13.5. The highest BCUT2D eigenvalue weighted by atomic mass is 35.5. The molecule has 1 aromatic carbocycles. The van der Waals surface area contributed by atoms with E-state index in [1.54, 1.807) is 6.07 Å². The van der Waals surface area contributed by atoms with Gasteiger partial charge in [0.05, 0.1) is 10.7 Å². The molecule has 1 amide bonds. The summed E-state index contributed by atoms with van der Waals surface area (Å²) in [5.74, 6) is 0.489. The molecule has 1 rings (SSSR count). The highest BCUT2D eigenvalue weighted by Crippen LogP contribution is 2.25. The third-order valence-electron chi connectivity index (χ3n) is 3.01. The van der Waals surface area contributed by atoms with Crippen LogP contribution < -0.4 is 11.1 Å². The lowest BCUT2D eigenvalue weighted by molar-refractivity contribution is -0.116. The van der Waals surface area contributed by atoms with Gasteiger partial charge in [-0.25, -0.2) is 0 Å². The molecule has 0 fully saturated rings. The van der Waals surface area contributed by atoms with Crippen molar-refractivity contribution in [1.29, 1.82) is 0 Å². The molecule has 0 aliphatic heterocycles. The number of aryl methyl sites for hydroxylation is 1. The molecule has 1 aromatic rings. The normalized spacial score (nSPS) is 12.2. The first-order chi connectivity index (χ1) is 8.54. The number of rotatable bonds is 6. The quantitative estimate of drug-likeness (QED) is 0.831. The lowest BCUT2D eigenvalue weighted by atomic mass is 10.0. The summed E-state index contributed by atoms with van der Waals surface area (Å²) in [5.41, 5.74) is 7.18. The number of amides is 1. The van der Waals surface area contributed by atoms with Crippen LogP contribution in [0.5, 0.6) is 0 Å². The molecular weight excluding hydrogens is 248 g/mol. The lowest BCUT2D eigenvalue weighted by Gasteiger charge is -2.12. The van der Waals surface area contributed by atoms with Gasteiger partial charge in [-0.2, -0.15) is 0 Å². The van der Waals surface area contributed by atoms with Gasteiger partial charge in [-0.3, -0.25) is 4.79 Å². The smallest absolute Gasteiger partial charge is 0.224 e. The molecule has 0 saturated heterocycles. The summed E-state index contributed by atoms with van der Waals surface area (Å²) in [6, 6.07) is 5.58. The van der Waals surface area contributed by atoms with E-state index in [-0.39, 0.29) is 5.91 Å². The van der Waals surface area contributed by atoms with Gasteiger partial charge in [0.15, 0.2) is 0 Å². The third-order valence-corrected chi connectivity index (χ3v) is 3.32. The summed E-state index contributed by atoms with van der Waals surface area (Å²) in [4.78, 5) is 11.8. The van der Waals surface area contributed by atoms with Crippen LogP contribution in [0, 0.1) is 12.8 Å². The van der Waals surface area contributed by atoms with Gasteiger partial charge >= 0.3 is 0 Å². The molecule has 0 heterocycles. The molecule has 0 spiro atoms. The summed E-state index contributed by atoms with van der Waals surface area (Å²) < 4.78 is 0. The highest BCUT2D eigenvalue weighted by Gasteiger charge is 2.10. The maximum atomic E-state index is 11.8. The average Bonchev–Trinajstić information content (AvgIpc) is 2.32. The Morgan fingerprint density at radius 2 is 2.17 bits per heavy atom. The number of anilines is 1. The first kappa shape index (κ1) is 15.0. The first-order valence-corrected chi connectivity index (χ1v) is 6.67. The van der Waals surface area contributed by atoms with Crippen LogP contribution in [0.25, 0.3) is 0 Å². The van der Waals surface area contributed by atoms with Gasteiger partial charge in [-0.1, -0.05) is 30.7 Å². The minimum absolute atomic E-state index is 0.00933. The van der Waals surface area contributed by atoms with Gasteiger partial charge in [-0.15, -0.1) is 0 Å². The SMILES string of the molecule is Cc1cccc(Cl)c1NC(=O)CCC(C)CCN. The fourth-order valence-electron chi connectivity index (χ4n) is 1.80. The van der Waals surface area contributed by atoms with E-state index < -0.39 is 0 Å². The number of carbonyl (C=O) groups is 1. The van der Waals surface area contributed by atoms with Crippen LogP contribution in [0.15, 0.2) is 18.2 Å². The van der Waals surface area contributed by atoms with Crippen molar-refractivity contribution in [2.75, 3.05) is 11.9 Å². The first-order valence-electron chi connectivity index (χ1n) is 6.29. The molecule has 0 aliphatic rings. The minimum atomic E-state index is 0.00933. The Morgan fingerprint density at radius 1 is 1.44 bits per heavy atom. The summed E-state index contributed by atoms with van der Waals surface area (Å²) in [6.45, 7) is 4.71. The Bertz CT molecular complexity index is 387. The van der Waals surface area contributed by atoms with Crippen LogP contribution in [0.4, 0.5) is 5.69 Å². The summed E-state index contributed by atoms with van der Waals surface area (Å²) >= 11 is 6.05. The average molecular weight is 269 g/mol. The molecule has 3 nitrogen and oxygen atoms in total. The molecule has 1 unspecified atom stereocenters. The molecule has 100 valence electrons. The Balaban J connectivity index is 2.50. The van der Waals surface area contributed by atoms with Gasteiger partial charge in [0.25, 0.3) is 0 Å². The van der Waals surface area contributed by atoms with Crippen molar-refractivity contribution in [2.24, 2.45) is 11.7 Å². The molecule has 0 bridgehead atoms. The van der Waals surface area contributed by atoms with E-state index in [1.807, 2.05) is 19.1 Å². The molecule has 4 heteroatoms. The minimum Gasteiger partial charge on any atom is -0.330 e. The number of para-hydroxylation sites is 1. The van der Waals surface area contributed by atoms with E-state index >= 15 is 0 Å². The Hall–Kier alpha value is -1.06. The van der Waals surface area contributed by atoms with Crippen LogP contribution in [0.2, 0.25) is 5.02 Å². The molecular formula is C14H21ClN2O. The highest BCUT2D eigenvalue weighted by molar-refractivity contribution is 6.33. The standard InChI is InChI=1S/C14H21ClN2O/c1-10(8-9-16)6-7-13(18)17-14-11(2)4-3-5-12(14)15/h3-5,10H,6-9,16H2,1-2H3,(H,17,18). The lowest BCUT2D eigenvalue weighted by Crippen LogP contribution is -2.15.